The summed E-state index contributed by atoms with van der Waals surface area (Å²) < 4.78 is 5.62. The van der Waals surface area contributed by atoms with Gasteiger partial charge in [-0.15, -0.1) is 10.2 Å². The standard InChI is InChI=1S/C26H30N4O2/c1-19(2)32-23-13-9-21(10-14-23)26(31)27-22-11-7-20(8-12-22)24-15-16-25(29-28-24)30-17-5-3-4-6-18-30/h7-16,19H,3-6,17-18H2,1-2H3,(H,27,31). The molecule has 1 aliphatic rings. The second-order valence-corrected chi connectivity index (χ2v) is 8.40. The number of nitrogens with one attached hydrogen (secondary N) is 1. The van der Waals surface area contributed by atoms with Crippen molar-refractivity contribution >= 4 is 17.4 Å². The molecule has 1 fully saturated rings. The number of nitrogens with zero attached hydrogens (tertiary/aromatic N) is 3. The molecule has 4 rings (SSSR count). The summed E-state index contributed by atoms with van der Waals surface area (Å²) in [7, 11) is 0. The van der Waals surface area contributed by atoms with E-state index in [1.807, 2.05) is 56.3 Å². The molecule has 0 aliphatic carbocycles. The van der Waals surface area contributed by atoms with Crippen molar-refractivity contribution in [3.63, 3.8) is 0 Å². The van der Waals surface area contributed by atoms with E-state index in [1.54, 1.807) is 12.1 Å². The van der Waals surface area contributed by atoms with Crippen molar-refractivity contribution in [2.45, 2.75) is 45.6 Å². The minimum atomic E-state index is -0.157. The number of carbonyl (C=O) groups excluding carboxylic acids is 1. The van der Waals surface area contributed by atoms with Gasteiger partial charge >= 0.3 is 0 Å². The molecule has 32 heavy (non-hydrogen) atoms. The number of rotatable bonds is 6. The van der Waals surface area contributed by atoms with Crippen molar-refractivity contribution in [1.29, 1.82) is 0 Å². The van der Waals surface area contributed by atoms with E-state index in [-0.39, 0.29) is 12.0 Å². The van der Waals surface area contributed by atoms with E-state index in [0.29, 0.717) is 5.56 Å². The highest BCUT2D eigenvalue weighted by Crippen LogP contribution is 2.23. The van der Waals surface area contributed by atoms with Crippen molar-refractivity contribution in [2.24, 2.45) is 0 Å². The van der Waals surface area contributed by atoms with E-state index in [9.17, 15) is 4.79 Å². The number of hydrogen-bond acceptors (Lipinski definition) is 5. The van der Waals surface area contributed by atoms with Gasteiger partial charge in [-0.25, -0.2) is 0 Å². The predicted octanol–water partition coefficient (Wildman–Crippen LogP) is 5.56. The van der Waals surface area contributed by atoms with Crippen LogP contribution in [0.25, 0.3) is 11.3 Å². The number of hydrogen-bond donors (Lipinski definition) is 1. The van der Waals surface area contributed by atoms with E-state index < -0.39 is 0 Å². The first-order chi connectivity index (χ1) is 15.6. The lowest BCUT2D eigenvalue weighted by Crippen LogP contribution is -2.25. The molecular formula is C26H30N4O2. The van der Waals surface area contributed by atoms with E-state index in [2.05, 4.69) is 26.5 Å². The number of ether oxygens (including phenoxy) is 1. The van der Waals surface area contributed by atoms with Crippen molar-refractivity contribution in [2.75, 3.05) is 23.3 Å². The van der Waals surface area contributed by atoms with Gasteiger partial charge in [-0.2, -0.15) is 0 Å². The van der Waals surface area contributed by atoms with Crippen molar-refractivity contribution in [3.8, 4) is 17.0 Å². The zero-order chi connectivity index (χ0) is 22.3. The van der Waals surface area contributed by atoms with Gasteiger partial charge < -0.3 is 15.0 Å². The van der Waals surface area contributed by atoms with E-state index >= 15 is 0 Å². The van der Waals surface area contributed by atoms with Crippen LogP contribution in [0.15, 0.2) is 60.7 Å². The summed E-state index contributed by atoms with van der Waals surface area (Å²) in [5.74, 6) is 1.55. The third-order valence-electron chi connectivity index (χ3n) is 5.51. The van der Waals surface area contributed by atoms with Gasteiger partial charge in [0.05, 0.1) is 11.8 Å². The third-order valence-corrected chi connectivity index (χ3v) is 5.51. The van der Waals surface area contributed by atoms with Crippen LogP contribution in [0, 0.1) is 0 Å². The first kappa shape index (κ1) is 21.8. The van der Waals surface area contributed by atoms with Gasteiger partial charge in [0.15, 0.2) is 5.82 Å². The number of benzene rings is 2. The van der Waals surface area contributed by atoms with Crippen LogP contribution >= 0.6 is 0 Å². The Morgan fingerprint density at radius 3 is 2.16 bits per heavy atom. The largest absolute Gasteiger partial charge is 0.491 e. The van der Waals surface area contributed by atoms with Gasteiger partial charge in [-0.3, -0.25) is 4.79 Å². The molecule has 3 aromatic rings. The fourth-order valence-corrected chi connectivity index (χ4v) is 3.83. The maximum absolute atomic E-state index is 12.5. The number of aromatic nitrogens is 2. The number of amides is 1. The van der Waals surface area contributed by atoms with Crippen LogP contribution in [0.4, 0.5) is 11.5 Å². The Hall–Kier alpha value is -3.41. The topological polar surface area (TPSA) is 67.3 Å². The number of carbonyl (C=O) groups is 1. The molecule has 1 aliphatic heterocycles. The van der Waals surface area contributed by atoms with Crippen LogP contribution in [-0.4, -0.2) is 35.3 Å². The van der Waals surface area contributed by atoms with Crippen LogP contribution in [-0.2, 0) is 0 Å². The maximum atomic E-state index is 12.5. The summed E-state index contributed by atoms with van der Waals surface area (Å²) in [6, 6.07) is 18.9. The minimum Gasteiger partial charge on any atom is -0.491 e. The fourth-order valence-electron chi connectivity index (χ4n) is 3.83. The molecule has 2 aromatic carbocycles. The first-order valence-corrected chi connectivity index (χ1v) is 11.4. The lowest BCUT2D eigenvalue weighted by atomic mass is 10.1. The van der Waals surface area contributed by atoms with Crippen LogP contribution in [0.5, 0.6) is 5.75 Å². The molecule has 1 aromatic heterocycles. The molecule has 2 heterocycles. The zero-order valence-electron chi connectivity index (χ0n) is 18.8. The molecule has 1 amide bonds. The normalized spacial score (nSPS) is 14.2. The first-order valence-electron chi connectivity index (χ1n) is 11.4. The minimum absolute atomic E-state index is 0.100. The highest BCUT2D eigenvalue weighted by atomic mass is 16.5. The Kier molecular flexibility index (Phi) is 7.00. The van der Waals surface area contributed by atoms with Gasteiger partial charge in [0.2, 0.25) is 0 Å². The fraction of sp³-hybridized carbons (Fsp3) is 0.346. The van der Waals surface area contributed by atoms with Crippen LogP contribution in [0.3, 0.4) is 0 Å². The van der Waals surface area contributed by atoms with E-state index in [1.165, 1.54) is 25.7 Å². The quantitative estimate of drug-likeness (QED) is 0.554. The van der Waals surface area contributed by atoms with Gasteiger partial charge in [-0.1, -0.05) is 25.0 Å². The number of anilines is 2. The second kappa shape index (κ2) is 10.3. The third kappa shape index (κ3) is 5.63. The van der Waals surface area contributed by atoms with Crippen molar-refractivity contribution in [1.82, 2.24) is 10.2 Å². The average molecular weight is 431 g/mol. The van der Waals surface area contributed by atoms with Gasteiger partial charge in [-0.05, 0) is 75.2 Å². The average Bonchev–Trinajstić information content (AvgIpc) is 3.09. The highest BCUT2D eigenvalue weighted by Gasteiger charge is 2.12. The van der Waals surface area contributed by atoms with Gasteiger partial charge in [0, 0.05) is 29.9 Å². The molecule has 6 heteroatoms. The monoisotopic (exact) mass is 430 g/mol. The summed E-state index contributed by atoms with van der Waals surface area (Å²) >= 11 is 0. The summed E-state index contributed by atoms with van der Waals surface area (Å²) in [5, 5.41) is 11.8. The Bertz CT molecular complexity index is 1010. The van der Waals surface area contributed by atoms with Crippen molar-refractivity contribution < 1.29 is 9.53 Å². The molecule has 0 unspecified atom stereocenters. The Balaban J connectivity index is 1.38. The lowest BCUT2D eigenvalue weighted by molar-refractivity contribution is 0.102. The second-order valence-electron chi connectivity index (χ2n) is 8.40. The molecule has 0 bridgehead atoms. The highest BCUT2D eigenvalue weighted by molar-refractivity contribution is 6.04. The molecule has 0 spiro atoms. The van der Waals surface area contributed by atoms with E-state index in [4.69, 9.17) is 4.74 Å². The summed E-state index contributed by atoms with van der Waals surface area (Å²) in [4.78, 5) is 14.9. The van der Waals surface area contributed by atoms with Gasteiger partial charge in [0.1, 0.15) is 5.75 Å². The molecule has 1 N–H and O–H groups in total. The smallest absolute Gasteiger partial charge is 0.255 e. The van der Waals surface area contributed by atoms with Crippen LogP contribution in [0.2, 0.25) is 0 Å². The lowest BCUT2D eigenvalue weighted by Gasteiger charge is -2.20. The van der Waals surface area contributed by atoms with Crippen LogP contribution < -0.4 is 15.0 Å². The molecule has 0 saturated carbocycles. The summed E-state index contributed by atoms with van der Waals surface area (Å²) in [6.45, 7) is 6.05. The molecule has 1 saturated heterocycles. The Morgan fingerprint density at radius 2 is 1.56 bits per heavy atom. The molecule has 166 valence electrons. The molecular weight excluding hydrogens is 400 g/mol. The molecule has 0 radical (unpaired) electrons. The van der Waals surface area contributed by atoms with E-state index in [0.717, 1.165) is 41.6 Å². The maximum Gasteiger partial charge on any atom is 0.255 e. The summed E-state index contributed by atoms with van der Waals surface area (Å²) in [5.41, 5.74) is 3.10. The Morgan fingerprint density at radius 1 is 0.875 bits per heavy atom. The molecule has 0 atom stereocenters. The predicted molar refractivity (Wildman–Crippen MR) is 128 cm³/mol. The SMILES string of the molecule is CC(C)Oc1ccc(C(=O)Nc2ccc(-c3ccc(N4CCCCCC4)nn3)cc2)cc1. The van der Waals surface area contributed by atoms with Gasteiger partial charge in [0.25, 0.3) is 5.91 Å². The van der Waals surface area contributed by atoms with Crippen molar-refractivity contribution in [3.05, 3.63) is 66.2 Å². The Labute approximate surface area is 189 Å². The summed E-state index contributed by atoms with van der Waals surface area (Å²) in [6.07, 6.45) is 5.12. The van der Waals surface area contributed by atoms with Crippen LogP contribution in [0.1, 0.15) is 49.9 Å². The molecule has 6 nitrogen and oxygen atoms in total. The zero-order valence-corrected chi connectivity index (χ0v) is 18.8.